The number of hydrogen-bond acceptors (Lipinski definition) is 2. The van der Waals surface area contributed by atoms with Crippen LogP contribution in [0.5, 0.6) is 0 Å². The highest BCUT2D eigenvalue weighted by atomic mass is 15.1. The van der Waals surface area contributed by atoms with Crippen LogP contribution >= 0.6 is 0 Å². The molecular formula is C19H26N2. The van der Waals surface area contributed by atoms with Gasteiger partial charge in [0.05, 0.1) is 0 Å². The average Bonchev–Trinajstić information content (AvgIpc) is 2.55. The molecule has 21 heavy (non-hydrogen) atoms. The second-order valence-electron chi connectivity index (χ2n) is 5.35. The third kappa shape index (κ3) is 4.33. The van der Waals surface area contributed by atoms with Gasteiger partial charge in [-0.25, -0.2) is 0 Å². The molecular weight excluding hydrogens is 256 g/mol. The molecule has 0 spiro atoms. The highest BCUT2D eigenvalue weighted by molar-refractivity contribution is 5.47. The third-order valence-electron chi connectivity index (χ3n) is 3.98. The molecule has 2 aromatic rings. The summed E-state index contributed by atoms with van der Waals surface area (Å²) in [7, 11) is 0. The second kappa shape index (κ2) is 7.84. The van der Waals surface area contributed by atoms with Crippen molar-refractivity contribution in [3.8, 4) is 0 Å². The van der Waals surface area contributed by atoms with E-state index < -0.39 is 0 Å². The lowest BCUT2D eigenvalue weighted by Crippen LogP contribution is -2.22. The summed E-state index contributed by atoms with van der Waals surface area (Å²) >= 11 is 0. The second-order valence-corrected chi connectivity index (χ2v) is 5.35. The molecule has 2 aromatic carbocycles. The monoisotopic (exact) mass is 282 g/mol. The van der Waals surface area contributed by atoms with E-state index in [0.717, 1.165) is 19.6 Å². The van der Waals surface area contributed by atoms with Crippen molar-refractivity contribution in [3.63, 3.8) is 0 Å². The molecule has 2 rings (SSSR count). The number of anilines is 1. The topological polar surface area (TPSA) is 15.3 Å². The van der Waals surface area contributed by atoms with Crippen LogP contribution in [0.25, 0.3) is 0 Å². The molecule has 0 saturated heterocycles. The van der Waals surface area contributed by atoms with Crippen molar-refractivity contribution < 1.29 is 0 Å². The number of hydrogen-bond donors (Lipinski definition) is 1. The summed E-state index contributed by atoms with van der Waals surface area (Å²) in [6.45, 7) is 9.60. The van der Waals surface area contributed by atoms with Crippen LogP contribution in [-0.4, -0.2) is 13.1 Å². The summed E-state index contributed by atoms with van der Waals surface area (Å²) in [4.78, 5) is 2.36. The number of nitrogens with zero attached hydrogens (tertiary/aromatic N) is 1. The maximum atomic E-state index is 3.58. The van der Waals surface area contributed by atoms with Gasteiger partial charge < -0.3 is 10.2 Å². The Morgan fingerprint density at radius 1 is 0.905 bits per heavy atom. The summed E-state index contributed by atoms with van der Waals surface area (Å²) in [5, 5.41) is 3.58. The van der Waals surface area contributed by atoms with E-state index in [4.69, 9.17) is 0 Å². The predicted molar refractivity (Wildman–Crippen MR) is 91.7 cm³/mol. The molecule has 112 valence electrons. The van der Waals surface area contributed by atoms with Gasteiger partial charge in [0.25, 0.3) is 0 Å². The number of benzene rings is 2. The van der Waals surface area contributed by atoms with Crippen LogP contribution in [0.3, 0.4) is 0 Å². The Morgan fingerprint density at radius 3 is 2.10 bits per heavy atom. The zero-order valence-corrected chi connectivity index (χ0v) is 13.3. The maximum Gasteiger partial charge on any atom is 0.0366 e. The third-order valence-corrected chi connectivity index (χ3v) is 3.98. The first-order chi connectivity index (χ1) is 10.2. The van der Waals surface area contributed by atoms with E-state index in [-0.39, 0.29) is 0 Å². The van der Waals surface area contributed by atoms with Gasteiger partial charge >= 0.3 is 0 Å². The normalized spacial score (nSPS) is 12.1. The molecule has 2 heteroatoms. The van der Waals surface area contributed by atoms with Crippen LogP contribution in [0.1, 0.15) is 37.9 Å². The average molecular weight is 282 g/mol. The van der Waals surface area contributed by atoms with Gasteiger partial charge in [0.2, 0.25) is 0 Å². The van der Waals surface area contributed by atoms with Crippen molar-refractivity contribution in [1.82, 2.24) is 5.32 Å². The van der Waals surface area contributed by atoms with Crippen molar-refractivity contribution in [3.05, 3.63) is 65.7 Å². The Hall–Kier alpha value is -1.80. The predicted octanol–water partition coefficient (Wildman–Crippen LogP) is 4.38. The molecule has 1 N–H and O–H groups in total. The Bertz CT molecular complexity index is 515. The fraction of sp³-hybridized carbons (Fsp3) is 0.368. The van der Waals surface area contributed by atoms with Crippen LogP contribution in [0, 0.1) is 0 Å². The number of rotatable bonds is 7. The van der Waals surface area contributed by atoms with E-state index >= 15 is 0 Å². The van der Waals surface area contributed by atoms with Crippen LogP contribution in [-0.2, 0) is 6.54 Å². The fourth-order valence-electron chi connectivity index (χ4n) is 2.54. The van der Waals surface area contributed by atoms with Crippen LogP contribution in [0.2, 0.25) is 0 Å². The molecule has 1 atom stereocenters. The van der Waals surface area contributed by atoms with Gasteiger partial charge in [0.15, 0.2) is 0 Å². The first kappa shape index (κ1) is 15.6. The lowest BCUT2D eigenvalue weighted by atomic mass is 10.1. The molecule has 0 aliphatic heterocycles. The molecule has 0 heterocycles. The molecule has 0 bridgehead atoms. The quantitative estimate of drug-likeness (QED) is 0.810. The Labute approximate surface area is 128 Å². The van der Waals surface area contributed by atoms with E-state index in [1.54, 1.807) is 0 Å². The minimum Gasteiger partial charge on any atom is -0.372 e. The minimum absolute atomic E-state index is 0.369. The summed E-state index contributed by atoms with van der Waals surface area (Å²) in [6, 6.07) is 19.8. The Morgan fingerprint density at radius 2 is 1.52 bits per heavy atom. The molecule has 0 aromatic heterocycles. The zero-order valence-electron chi connectivity index (χ0n) is 13.3. The van der Waals surface area contributed by atoms with Gasteiger partial charge in [0.1, 0.15) is 0 Å². The van der Waals surface area contributed by atoms with E-state index in [9.17, 15) is 0 Å². The SMILES string of the molecule is CCN(CC)c1ccc(CNC(C)c2ccccc2)cc1. The first-order valence-electron chi connectivity index (χ1n) is 7.86. The van der Waals surface area contributed by atoms with E-state index in [1.165, 1.54) is 16.8 Å². The van der Waals surface area contributed by atoms with Gasteiger partial charge in [-0.3, -0.25) is 0 Å². The van der Waals surface area contributed by atoms with E-state index in [0.29, 0.717) is 6.04 Å². The number of nitrogens with one attached hydrogen (secondary N) is 1. The van der Waals surface area contributed by atoms with Crippen molar-refractivity contribution in [1.29, 1.82) is 0 Å². The molecule has 0 saturated carbocycles. The van der Waals surface area contributed by atoms with Crippen molar-refractivity contribution in [2.24, 2.45) is 0 Å². The molecule has 0 fully saturated rings. The molecule has 0 amide bonds. The summed E-state index contributed by atoms with van der Waals surface area (Å²) < 4.78 is 0. The molecule has 2 nitrogen and oxygen atoms in total. The van der Waals surface area contributed by atoms with Gasteiger partial charge in [0, 0.05) is 31.4 Å². The van der Waals surface area contributed by atoms with E-state index in [1.807, 2.05) is 0 Å². The molecule has 0 radical (unpaired) electrons. The molecule has 1 unspecified atom stereocenters. The largest absolute Gasteiger partial charge is 0.372 e. The van der Waals surface area contributed by atoms with Gasteiger partial charge in [-0.15, -0.1) is 0 Å². The smallest absolute Gasteiger partial charge is 0.0366 e. The van der Waals surface area contributed by atoms with Crippen molar-refractivity contribution in [2.45, 2.75) is 33.4 Å². The van der Waals surface area contributed by atoms with Gasteiger partial charge in [-0.2, -0.15) is 0 Å². The van der Waals surface area contributed by atoms with Crippen molar-refractivity contribution in [2.75, 3.05) is 18.0 Å². The van der Waals surface area contributed by atoms with Gasteiger partial charge in [-0.05, 0) is 44.0 Å². The molecule has 0 aliphatic rings. The Kier molecular flexibility index (Phi) is 5.82. The van der Waals surface area contributed by atoms with E-state index in [2.05, 4.69) is 85.6 Å². The van der Waals surface area contributed by atoms with Crippen LogP contribution in [0.4, 0.5) is 5.69 Å². The lowest BCUT2D eigenvalue weighted by Gasteiger charge is -2.21. The summed E-state index contributed by atoms with van der Waals surface area (Å²) in [5.74, 6) is 0. The standard InChI is InChI=1S/C19H26N2/c1-4-21(5-2)19-13-11-17(12-14-19)15-20-16(3)18-9-7-6-8-10-18/h6-14,16,20H,4-5,15H2,1-3H3. The van der Waals surface area contributed by atoms with Gasteiger partial charge in [-0.1, -0.05) is 42.5 Å². The van der Waals surface area contributed by atoms with Crippen molar-refractivity contribution >= 4 is 5.69 Å². The first-order valence-corrected chi connectivity index (χ1v) is 7.86. The highest BCUT2D eigenvalue weighted by Crippen LogP contribution is 2.16. The minimum atomic E-state index is 0.369. The molecule has 0 aliphatic carbocycles. The fourth-order valence-corrected chi connectivity index (χ4v) is 2.54. The van der Waals surface area contributed by atoms with Crippen LogP contribution < -0.4 is 10.2 Å². The summed E-state index contributed by atoms with van der Waals surface area (Å²) in [6.07, 6.45) is 0. The Balaban J connectivity index is 1.92. The summed E-state index contributed by atoms with van der Waals surface area (Å²) in [5.41, 5.74) is 3.96. The maximum absolute atomic E-state index is 3.58. The zero-order chi connectivity index (χ0) is 15.1. The highest BCUT2D eigenvalue weighted by Gasteiger charge is 2.05. The van der Waals surface area contributed by atoms with Crippen LogP contribution in [0.15, 0.2) is 54.6 Å². The lowest BCUT2D eigenvalue weighted by molar-refractivity contribution is 0.575.